The van der Waals surface area contributed by atoms with Gasteiger partial charge < -0.3 is 19.1 Å². The minimum Gasteiger partial charge on any atom is -0.487 e. The number of hydrogen-bond donors (Lipinski definition) is 0. The molecule has 2 aliphatic rings. The van der Waals surface area contributed by atoms with Crippen molar-refractivity contribution in [3.05, 3.63) is 34.7 Å². The fourth-order valence-electron chi connectivity index (χ4n) is 3.71. The Morgan fingerprint density at radius 2 is 2.18 bits per heavy atom. The predicted molar refractivity (Wildman–Crippen MR) is 110 cm³/mol. The molecule has 0 spiro atoms. The summed E-state index contributed by atoms with van der Waals surface area (Å²) in [6, 6.07) is 8.46. The number of benzene rings is 1. The van der Waals surface area contributed by atoms with Crippen LogP contribution in [0.15, 0.2) is 24.3 Å². The van der Waals surface area contributed by atoms with Gasteiger partial charge in [-0.05, 0) is 56.0 Å². The Morgan fingerprint density at radius 3 is 2.89 bits per heavy atom. The number of fused-ring (bicyclic) bond motifs is 1. The standard InChI is InChI=1S/C22H27NO4S/c1-15-6-7-21(28-15)17-11-18-13-23(16(2)24)8-10-26-22(18)20(12-17)27-14-19-5-3-4-9-25-19/h6-7,11-12,19H,3-5,8-10,13-14H2,1-2H3. The van der Waals surface area contributed by atoms with E-state index in [0.29, 0.717) is 26.3 Å². The Kier molecular flexibility index (Phi) is 5.87. The van der Waals surface area contributed by atoms with Crippen LogP contribution in [0.5, 0.6) is 11.5 Å². The molecule has 1 unspecified atom stereocenters. The highest BCUT2D eigenvalue weighted by molar-refractivity contribution is 7.15. The number of nitrogens with zero attached hydrogens (tertiary/aromatic N) is 1. The van der Waals surface area contributed by atoms with E-state index in [1.165, 1.54) is 16.2 Å². The van der Waals surface area contributed by atoms with Crippen LogP contribution in [0.4, 0.5) is 0 Å². The number of ether oxygens (including phenoxy) is 3. The Balaban J connectivity index is 1.66. The first-order valence-electron chi connectivity index (χ1n) is 9.96. The van der Waals surface area contributed by atoms with Crippen LogP contribution in [-0.2, 0) is 16.1 Å². The molecule has 0 saturated carbocycles. The second-order valence-corrected chi connectivity index (χ2v) is 8.75. The molecule has 1 amide bonds. The maximum Gasteiger partial charge on any atom is 0.219 e. The Hall–Kier alpha value is -2.05. The third kappa shape index (κ3) is 4.33. The maximum atomic E-state index is 12.0. The minimum atomic E-state index is 0.0619. The molecule has 1 saturated heterocycles. The molecule has 1 fully saturated rings. The van der Waals surface area contributed by atoms with Crippen LogP contribution in [-0.4, -0.2) is 43.3 Å². The molecular formula is C22H27NO4S. The van der Waals surface area contributed by atoms with E-state index in [-0.39, 0.29) is 12.0 Å². The summed E-state index contributed by atoms with van der Waals surface area (Å²) in [6.07, 6.45) is 3.48. The lowest BCUT2D eigenvalue weighted by molar-refractivity contribution is -0.129. The molecular weight excluding hydrogens is 374 g/mol. The van der Waals surface area contributed by atoms with Gasteiger partial charge in [-0.25, -0.2) is 0 Å². The fraction of sp³-hybridized carbons (Fsp3) is 0.500. The summed E-state index contributed by atoms with van der Waals surface area (Å²) in [6.45, 7) is 6.65. The van der Waals surface area contributed by atoms with Crippen molar-refractivity contribution in [1.82, 2.24) is 4.90 Å². The Labute approximate surface area is 170 Å². The van der Waals surface area contributed by atoms with Gasteiger partial charge in [0.05, 0.1) is 12.6 Å². The summed E-state index contributed by atoms with van der Waals surface area (Å²) in [7, 11) is 0. The van der Waals surface area contributed by atoms with E-state index in [1.54, 1.807) is 18.3 Å². The van der Waals surface area contributed by atoms with E-state index in [1.807, 2.05) is 4.90 Å². The summed E-state index contributed by atoms with van der Waals surface area (Å²) in [5.74, 6) is 1.57. The number of amides is 1. The summed E-state index contributed by atoms with van der Waals surface area (Å²) < 4.78 is 18.1. The molecule has 1 aromatic heterocycles. The lowest BCUT2D eigenvalue weighted by Crippen LogP contribution is -2.30. The van der Waals surface area contributed by atoms with Crippen LogP contribution in [0, 0.1) is 6.92 Å². The molecule has 1 aromatic carbocycles. The van der Waals surface area contributed by atoms with Gasteiger partial charge in [0.25, 0.3) is 0 Å². The third-order valence-corrected chi connectivity index (χ3v) is 6.32. The normalized spacial score (nSPS) is 19.5. The van der Waals surface area contributed by atoms with Crippen molar-refractivity contribution in [2.45, 2.75) is 45.8 Å². The zero-order valence-electron chi connectivity index (χ0n) is 16.5. The number of carbonyl (C=O) groups is 1. The molecule has 0 aliphatic carbocycles. The van der Waals surface area contributed by atoms with Crippen molar-refractivity contribution >= 4 is 17.2 Å². The van der Waals surface area contributed by atoms with Gasteiger partial charge in [0.15, 0.2) is 11.5 Å². The average molecular weight is 402 g/mol. The molecule has 0 N–H and O–H groups in total. The van der Waals surface area contributed by atoms with Gasteiger partial charge in [-0.3, -0.25) is 4.79 Å². The van der Waals surface area contributed by atoms with Crippen LogP contribution in [0.25, 0.3) is 10.4 Å². The lowest BCUT2D eigenvalue weighted by Gasteiger charge is -2.24. The van der Waals surface area contributed by atoms with Crippen LogP contribution >= 0.6 is 11.3 Å². The lowest BCUT2D eigenvalue weighted by atomic mass is 10.1. The average Bonchev–Trinajstić information content (AvgIpc) is 3.01. The van der Waals surface area contributed by atoms with Crippen LogP contribution in [0.1, 0.15) is 36.6 Å². The van der Waals surface area contributed by atoms with Crippen molar-refractivity contribution in [3.8, 4) is 21.9 Å². The first kappa shape index (κ1) is 19.3. The molecule has 3 heterocycles. The van der Waals surface area contributed by atoms with Crippen LogP contribution in [0.3, 0.4) is 0 Å². The molecule has 2 aliphatic heterocycles. The van der Waals surface area contributed by atoms with Gasteiger partial charge in [0, 0.05) is 35.4 Å². The molecule has 28 heavy (non-hydrogen) atoms. The molecule has 1 atom stereocenters. The van der Waals surface area contributed by atoms with Crippen molar-refractivity contribution in [2.75, 3.05) is 26.4 Å². The molecule has 4 rings (SSSR count). The molecule has 6 heteroatoms. The van der Waals surface area contributed by atoms with Gasteiger partial charge in [-0.15, -0.1) is 11.3 Å². The molecule has 0 radical (unpaired) electrons. The van der Waals surface area contributed by atoms with Gasteiger partial charge in [-0.1, -0.05) is 0 Å². The summed E-state index contributed by atoms with van der Waals surface area (Å²) in [4.78, 5) is 16.2. The zero-order valence-corrected chi connectivity index (χ0v) is 17.3. The number of hydrogen-bond acceptors (Lipinski definition) is 5. The van der Waals surface area contributed by atoms with E-state index in [2.05, 4.69) is 31.2 Å². The molecule has 150 valence electrons. The van der Waals surface area contributed by atoms with Gasteiger partial charge in [-0.2, -0.15) is 0 Å². The number of thiophene rings is 1. The van der Waals surface area contributed by atoms with E-state index in [9.17, 15) is 4.79 Å². The van der Waals surface area contributed by atoms with E-state index in [4.69, 9.17) is 14.2 Å². The fourth-order valence-corrected chi connectivity index (χ4v) is 4.57. The second-order valence-electron chi connectivity index (χ2n) is 7.46. The van der Waals surface area contributed by atoms with E-state index in [0.717, 1.165) is 42.1 Å². The highest BCUT2D eigenvalue weighted by atomic mass is 32.1. The highest BCUT2D eigenvalue weighted by Gasteiger charge is 2.23. The van der Waals surface area contributed by atoms with Crippen molar-refractivity contribution in [3.63, 3.8) is 0 Å². The predicted octanol–water partition coefficient (Wildman–Crippen LogP) is 4.41. The number of aryl methyl sites for hydroxylation is 1. The van der Waals surface area contributed by atoms with Gasteiger partial charge in [0.1, 0.15) is 13.2 Å². The van der Waals surface area contributed by atoms with E-state index < -0.39 is 0 Å². The van der Waals surface area contributed by atoms with Crippen molar-refractivity contribution in [2.24, 2.45) is 0 Å². The largest absolute Gasteiger partial charge is 0.487 e. The number of rotatable bonds is 4. The SMILES string of the molecule is CC(=O)N1CCOc2c(cc(-c3ccc(C)s3)cc2OCC2CCCCO2)C1. The molecule has 2 aromatic rings. The Bertz CT molecular complexity index is 841. The van der Waals surface area contributed by atoms with Crippen molar-refractivity contribution < 1.29 is 19.0 Å². The summed E-state index contributed by atoms with van der Waals surface area (Å²) in [5.41, 5.74) is 2.10. The summed E-state index contributed by atoms with van der Waals surface area (Å²) in [5, 5.41) is 0. The first-order valence-corrected chi connectivity index (χ1v) is 10.8. The van der Waals surface area contributed by atoms with Crippen LogP contribution in [0.2, 0.25) is 0 Å². The monoisotopic (exact) mass is 401 g/mol. The highest BCUT2D eigenvalue weighted by Crippen LogP contribution is 2.40. The molecule has 0 bridgehead atoms. The number of carbonyl (C=O) groups excluding carboxylic acids is 1. The first-order chi connectivity index (χ1) is 13.6. The van der Waals surface area contributed by atoms with Crippen molar-refractivity contribution in [1.29, 1.82) is 0 Å². The third-order valence-electron chi connectivity index (χ3n) is 5.27. The Morgan fingerprint density at radius 1 is 1.29 bits per heavy atom. The maximum absolute atomic E-state index is 12.0. The van der Waals surface area contributed by atoms with Crippen LogP contribution < -0.4 is 9.47 Å². The smallest absolute Gasteiger partial charge is 0.219 e. The zero-order chi connectivity index (χ0) is 19.5. The van der Waals surface area contributed by atoms with Gasteiger partial charge >= 0.3 is 0 Å². The minimum absolute atomic E-state index is 0.0619. The molecule has 5 nitrogen and oxygen atoms in total. The van der Waals surface area contributed by atoms with Gasteiger partial charge in [0.2, 0.25) is 5.91 Å². The topological polar surface area (TPSA) is 48.0 Å². The quantitative estimate of drug-likeness (QED) is 0.761. The second kappa shape index (κ2) is 8.53. The van der Waals surface area contributed by atoms with E-state index >= 15 is 0 Å². The summed E-state index contributed by atoms with van der Waals surface area (Å²) >= 11 is 1.76.